The lowest BCUT2D eigenvalue weighted by Crippen LogP contribution is -2.46. The van der Waals surface area contributed by atoms with Crippen LogP contribution in [0.2, 0.25) is 0 Å². The van der Waals surface area contributed by atoms with Gasteiger partial charge in [0.05, 0.1) is 18.8 Å². The molecule has 0 spiro atoms. The number of hydrogen-bond donors (Lipinski definition) is 1. The highest BCUT2D eigenvalue weighted by Crippen LogP contribution is 2.21. The monoisotopic (exact) mass is 171 g/mol. The first-order valence-corrected chi connectivity index (χ1v) is 4.80. The van der Waals surface area contributed by atoms with Gasteiger partial charge < -0.3 is 14.8 Å². The maximum absolute atomic E-state index is 5.83. The minimum absolute atomic E-state index is 0.365. The Balaban J connectivity index is 1.85. The van der Waals surface area contributed by atoms with Gasteiger partial charge in [-0.3, -0.25) is 0 Å². The van der Waals surface area contributed by atoms with Crippen LogP contribution in [0.3, 0.4) is 0 Å². The molecule has 3 heteroatoms. The fraction of sp³-hybridized carbons (Fsp3) is 1.00. The number of nitrogens with one attached hydrogen (secondary N) is 1. The molecule has 0 aromatic heterocycles. The van der Waals surface area contributed by atoms with Crippen molar-refractivity contribution in [1.82, 2.24) is 5.32 Å². The second kappa shape index (κ2) is 3.73. The predicted molar refractivity (Wildman–Crippen MR) is 46.1 cm³/mol. The molecule has 0 bridgehead atoms. The van der Waals surface area contributed by atoms with E-state index in [-0.39, 0.29) is 0 Å². The maximum atomic E-state index is 5.83. The van der Waals surface area contributed by atoms with Crippen LogP contribution in [0.5, 0.6) is 0 Å². The van der Waals surface area contributed by atoms with E-state index in [1.165, 1.54) is 6.42 Å². The van der Waals surface area contributed by atoms with Gasteiger partial charge in [-0.2, -0.15) is 0 Å². The zero-order valence-corrected chi connectivity index (χ0v) is 7.58. The van der Waals surface area contributed by atoms with Crippen molar-refractivity contribution in [2.45, 2.75) is 25.6 Å². The number of hydrogen-bond acceptors (Lipinski definition) is 3. The van der Waals surface area contributed by atoms with Crippen LogP contribution >= 0.6 is 0 Å². The smallest absolute Gasteiger partial charge is 0.0754 e. The van der Waals surface area contributed by atoms with Crippen LogP contribution in [-0.4, -0.2) is 38.5 Å². The van der Waals surface area contributed by atoms with Crippen molar-refractivity contribution in [1.29, 1.82) is 0 Å². The second-order valence-corrected chi connectivity index (χ2v) is 3.77. The lowest BCUT2D eigenvalue weighted by Gasteiger charge is -2.31. The van der Waals surface area contributed by atoms with E-state index in [1.54, 1.807) is 0 Å². The molecule has 3 unspecified atom stereocenters. The van der Waals surface area contributed by atoms with E-state index < -0.39 is 0 Å². The summed E-state index contributed by atoms with van der Waals surface area (Å²) in [6.45, 7) is 5.91. The van der Waals surface area contributed by atoms with Gasteiger partial charge in [0.1, 0.15) is 0 Å². The van der Waals surface area contributed by atoms with E-state index in [0.29, 0.717) is 18.1 Å². The van der Waals surface area contributed by atoms with E-state index in [0.717, 1.165) is 26.3 Å². The van der Waals surface area contributed by atoms with Gasteiger partial charge in [-0.15, -0.1) is 0 Å². The molecule has 0 aromatic rings. The van der Waals surface area contributed by atoms with Gasteiger partial charge >= 0.3 is 0 Å². The highest BCUT2D eigenvalue weighted by atomic mass is 16.5. The third kappa shape index (κ3) is 1.79. The summed E-state index contributed by atoms with van der Waals surface area (Å²) >= 11 is 0. The van der Waals surface area contributed by atoms with E-state index in [9.17, 15) is 0 Å². The van der Waals surface area contributed by atoms with Crippen LogP contribution in [0.1, 0.15) is 13.3 Å². The summed E-state index contributed by atoms with van der Waals surface area (Å²) in [6, 6.07) is 0. The minimum Gasteiger partial charge on any atom is -0.381 e. The van der Waals surface area contributed by atoms with E-state index in [1.807, 2.05) is 0 Å². The second-order valence-electron chi connectivity index (χ2n) is 3.77. The Kier molecular flexibility index (Phi) is 2.63. The zero-order valence-electron chi connectivity index (χ0n) is 7.58. The molecular weight excluding hydrogens is 154 g/mol. The van der Waals surface area contributed by atoms with E-state index in [2.05, 4.69) is 12.2 Å². The molecule has 0 radical (unpaired) electrons. The Labute approximate surface area is 73.4 Å². The lowest BCUT2D eigenvalue weighted by atomic mass is 10.0. The molecule has 2 fully saturated rings. The molecule has 2 aliphatic rings. The molecule has 0 amide bonds. The third-order valence-corrected chi connectivity index (χ3v) is 2.68. The highest BCUT2D eigenvalue weighted by Gasteiger charge is 2.29. The summed E-state index contributed by atoms with van der Waals surface area (Å²) in [4.78, 5) is 0. The van der Waals surface area contributed by atoms with Crippen molar-refractivity contribution in [2.75, 3.05) is 26.3 Å². The van der Waals surface area contributed by atoms with Gasteiger partial charge in [-0.1, -0.05) is 0 Å². The van der Waals surface area contributed by atoms with Crippen molar-refractivity contribution in [3.8, 4) is 0 Å². The van der Waals surface area contributed by atoms with E-state index >= 15 is 0 Å². The molecule has 12 heavy (non-hydrogen) atoms. The summed E-state index contributed by atoms with van der Waals surface area (Å²) in [7, 11) is 0. The fourth-order valence-electron chi connectivity index (χ4n) is 1.95. The summed E-state index contributed by atoms with van der Waals surface area (Å²) < 4.78 is 11.2. The van der Waals surface area contributed by atoms with Gasteiger partial charge in [0.15, 0.2) is 0 Å². The first-order chi connectivity index (χ1) is 5.86. The van der Waals surface area contributed by atoms with Gasteiger partial charge in [0.2, 0.25) is 0 Å². The average molecular weight is 171 g/mol. The highest BCUT2D eigenvalue weighted by molar-refractivity contribution is 4.80. The molecule has 1 N–H and O–H groups in total. The van der Waals surface area contributed by atoms with Crippen molar-refractivity contribution in [3.05, 3.63) is 0 Å². The van der Waals surface area contributed by atoms with Crippen LogP contribution in [0, 0.1) is 5.92 Å². The number of ether oxygens (including phenoxy) is 2. The van der Waals surface area contributed by atoms with Gasteiger partial charge in [-0.25, -0.2) is 0 Å². The molecule has 2 heterocycles. The molecule has 3 nitrogen and oxygen atoms in total. The minimum atomic E-state index is 0.365. The van der Waals surface area contributed by atoms with Crippen LogP contribution in [0.25, 0.3) is 0 Å². The molecule has 0 aromatic carbocycles. The molecule has 3 atom stereocenters. The molecule has 2 rings (SSSR count). The molecule has 2 saturated heterocycles. The van der Waals surface area contributed by atoms with Crippen molar-refractivity contribution in [2.24, 2.45) is 5.92 Å². The average Bonchev–Trinajstić information content (AvgIpc) is 2.56. The van der Waals surface area contributed by atoms with E-state index in [4.69, 9.17) is 9.47 Å². The van der Waals surface area contributed by atoms with Gasteiger partial charge in [0, 0.05) is 25.6 Å². The Morgan fingerprint density at radius 1 is 1.33 bits per heavy atom. The SMILES string of the molecule is CC1CNCC(C2CCOC2)O1. The van der Waals surface area contributed by atoms with Gasteiger partial charge in [0.25, 0.3) is 0 Å². The quantitative estimate of drug-likeness (QED) is 0.619. The summed E-state index contributed by atoms with van der Waals surface area (Å²) in [5.74, 6) is 0.625. The van der Waals surface area contributed by atoms with Crippen molar-refractivity contribution in [3.63, 3.8) is 0 Å². The van der Waals surface area contributed by atoms with Gasteiger partial charge in [-0.05, 0) is 13.3 Å². The summed E-state index contributed by atoms with van der Waals surface area (Å²) in [6.07, 6.45) is 1.92. The Hall–Kier alpha value is -0.120. The third-order valence-electron chi connectivity index (χ3n) is 2.68. The summed E-state index contributed by atoms with van der Waals surface area (Å²) in [5.41, 5.74) is 0. The molecular formula is C9H17NO2. The largest absolute Gasteiger partial charge is 0.381 e. The Morgan fingerprint density at radius 3 is 2.92 bits per heavy atom. The molecule has 0 saturated carbocycles. The van der Waals surface area contributed by atoms with Crippen LogP contribution in [0.15, 0.2) is 0 Å². The number of morpholine rings is 1. The van der Waals surface area contributed by atoms with Crippen molar-refractivity contribution < 1.29 is 9.47 Å². The normalized spacial score (nSPS) is 43.2. The standard InChI is InChI=1S/C9H17NO2/c1-7-4-10-5-9(12-7)8-2-3-11-6-8/h7-10H,2-6H2,1H3. The van der Waals surface area contributed by atoms with Crippen LogP contribution < -0.4 is 5.32 Å². The lowest BCUT2D eigenvalue weighted by molar-refractivity contribution is -0.0575. The zero-order chi connectivity index (χ0) is 8.39. The topological polar surface area (TPSA) is 30.5 Å². The first kappa shape index (κ1) is 8.48. The Morgan fingerprint density at radius 2 is 2.25 bits per heavy atom. The number of rotatable bonds is 1. The molecule has 2 aliphatic heterocycles. The van der Waals surface area contributed by atoms with Crippen molar-refractivity contribution >= 4 is 0 Å². The maximum Gasteiger partial charge on any atom is 0.0754 e. The molecule has 70 valence electrons. The van der Waals surface area contributed by atoms with Crippen LogP contribution in [0.4, 0.5) is 0 Å². The predicted octanol–water partition coefficient (Wildman–Crippen LogP) is 0.400. The Bertz CT molecular complexity index is 145. The first-order valence-electron chi connectivity index (χ1n) is 4.80. The summed E-state index contributed by atoms with van der Waals surface area (Å²) in [5, 5.41) is 3.38. The molecule has 0 aliphatic carbocycles. The van der Waals surface area contributed by atoms with Crippen LogP contribution in [-0.2, 0) is 9.47 Å². The fourth-order valence-corrected chi connectivity index (χ4v) is 1.95.